The Morgan fingerprint density at radius 1 is 1.30 bits per heavy atom. The Morgan fingerprint density at radius 3 is 2.65 bits per heavy atom. The van der Waals surface area contributed by atoms with Crippen LogP contribution < -0.4 is 15.5 Å². The van der Waals surface area contributed by atoms with Crippen LogP contribution in [0, 0.1) is 0 Å². The molecule has 128 valence electrons. The van der Waals surface area contributed by atoms with Crippen molar-refractivity contribution in [3.63, 3.8) is 0 Å². The van der Waals surface area contributed by atoms with Gasteiger partial charge in [0.25, 0.3) is 0 Å². The summed E-state index contributed by atoms with van der Waals surface area (Å²) in [6.07, 6.45) is 6.96. The molecule has 1 saturated heterocycles. The number of hydrogen-bond donors (Lipinski definition) is 2. The van der Waals surface area contributed by atoms with E-state index in [9.17, 15) is 4.79 Å². The predicted octanol–water partition coefficient (Wildman–Crippen LogP) is 2.30. The Balaban J connectivity index is 1.79. The maximum Gasteiger partial charge on any atom is 0.315 e. The van der Waals surface area contributed by atoms with Crippen LogP contribution in [0.4, 0.5) is 10.6 Å². The van der Waals surface area contributed by atoms with E-state index < -0.39 is 0 Å². The van der Waals surface area contributed by atoms with Crippen LogP contribution in [0.3, 0.4) is 0 Å². The van der Waals surface area contributed by atoms with Crippen LogP contribution in [0.25, 0.3) is 0 Å². The Labute approximate surface area is 138 Å². The number of amides is 2. The van der Waals surface area contributed by atoms with Gasteiger partial charge in [-0.3, -0.25) is 0 Å². The fourth-order valence-electron chi connectivity index (χ4n) is 2.76. The molecule has 1 aliphatic heterocycles. The number of methoxy groups -OCH3 is 1. The average Bonchev–Trinajstić information content (AvgIpc) is 2.83. The van der Waals surface area contributed by atoms with Crippen molar-refractivity contribution >= 4 is 11.8 Å². The number of nitrogens with one attached hydrogen (secondary N) is 2. The summed E-state index contributed by atoms with van der Waals surface area (Å²) in [7, 11) is 1.62. The van der Waals surface area contributed by atoms with Crippen molar-refractivity contribution in [3.8, 4) is 0 Å². The van der Waals surface area contributed by atoms with E-state index in [4.69, 9.17) is 4.74 Å². The van der Waals surface area contributed by atoms with E-state index in [1.807, 2.05) is 25.3 Å². The molecule has 0 aromatic carbocycles. The van der Waals surface area contributed by atoms with Gasteiger partial charge in [0.2, 0.25) is 0 Å². The fraction of sp³-hybridized carbons (Fsp3) is 0.647. The summed E-state index contributed by atoms with van der Waals surface area (Å²) in [5, 5.41) is 5.66. The third kappa shape index (κ3) is 6.06. The van der Waals surface area contributed by atoms with Gasteiger partial charge < -0.3 is 20.3 Å². The fourth-order valence-corrected chi connectivity index (χ4v) is 2.76. The van der Waals surface area contributed by atoms with Gasteiger partial charge in [0.1, 0.15) is 5.82 Å². The molecule has 1 fully saturated rings. The second-order valence-electron chi connectivity index (χ2n) is 6.11. The molecular formula is C17H28N4O2. The van der Waals surface area contributed by atoms with Gasteiger partial charge in [-0.2, -0.15) is 0 Å². The van der Waals surface area contributed by atoms with Gasteiger partial charge >= 0.3 is 6.03 Å². The number of carbonyl (C=O) groups is 1. The molecule has 1 aromatic rings. The third-order valence-electron chi connectivity index (χ3n) is 3.99. The van der Waals surface area contributed by atoms with E-state index in [0.717, 1.165) is 24.5 Å². The summed E-state index contributed by atoms with van der Waals surface area (Å²) in [5.74, 6) is 1.04. The van der Waals surface area contributed by atoms with E-state index in [1.165, 1.54) is 25.7 Å². The summed E-state index contributed by atoms with van der Waals surface area (Å²) in [4.78, 5) is 18.6. The molecule has 0 radical (unpaired) electrons. The molecule has 0 spiro atoms. The third-order valence-corrected chi connectivity index (χ3v) is 3.99. The molecule has 6 nitrogen and oxygen atoms in total. The lowest BCUT2D eigenvalue weighted by atomic mass is 10.2. The van der Waals surface area contributed by atoms with Gasteiger partial charge in [0.15, 0.2) is 0 Å². The standard InChI is InChI=1S/C17H28N4O2/c1-14(13-23-2)20-17(22)19-12-15-7-8-16(18-11-15)21-9-5-3-4-6-10-21/h7-8,11,14H,3-6,9-10,12-13H2,1-2H3,(H2,19,20,22). The van der Waals surface area contributed by atoms with Crippen LogP contribution in [0.5, 0.6) is 0 Å². The zero-order valence-corrected chi connectivity index (χ0v) is 14.2. The van der Waals surface area contributed by atoms with E-state index in [1.54, 1.807) is 7.11 Å². The SMILES string of the molecule is COCC(C)NC(=O)NCc1ccc(N2CCCCCC2)nc1. The van der Waals surface area contributed by atoms with Crippen LogP contribution in [-0.2, 0) is 11.3 Å². The van der Waals surface area contributed by atoms with Crippen molar-refractivity contribution in [2.45, 2.75) is 45.2 Å². The van der Waals surface area contributed by atoms with Crippen molar-refractivity contribution < 1.29 is 9.53 Å². The van der Waals surface area contributed by atoms with Crippen molar-refractivity contribution in [3.05, 3.63) is 23.9 Å². The summed E-state index contributed by atoms with van der Waals surface area (Å²) >= 11 is 0. The van der Waals surface area contributed by atoms with Crippen molar-refractivity contribution in [1.82, 2.24) is 15.6 Å². The van der Waals surface area contributed by atoms with Crippen LogP contribution in [0.1, 0.15) is 38.2 Å². The number of rotatable bonds is 6. The number of pyridine rings is 1. The molecule has 2 heterocycles. The van der Waals surface area contributed by atoms with E-state index >= 15 is 0 Å². The molecule has 1 unspecified atom stereocenters. The first-order valence-corrected chi connectivity index (χ1v) is 8.42. The Hall–Kier alpha value is -1.82. The minimum atomic E-state index is -0.189. The molecule has 1 aromatic heterocycles. The molecule has 23 heavy (non-hydrogen) atoms. The highest BCUT2D eigenvalue weighted by molar-refractivity contribution is 5.74. The normalized spacial score (nSPS) is 16.5. The van der Waals surface area contributed by atoms with Gasteiger partial charge in [0, 0.05) is 32.9 Å². The van der Waals surface area contributed by atoms with Crippen molar-refractivity contribution in [2.24, 2.45) is 0 Å². The lowest BCUT2D eigenvalue weighted by Crippen LogP contribution is -2.42. The lowest BCUT2D eigenvalue weighted by molar-refractivity contribution is 0.171. The maximum atomic E-state index is 11.7. The summed E-state index contributed by atoms with van der Waals surface area (Å²) in [5.41, 5.74) is 0.998. The van der Waals surface area contributed by atoms with E-state index in [-0.39, 0.29) is 12.1 Å². The number of aromatic nitrogens is 1. The molecule has 0 aliphatic carbocycles. The van der Waals surface area contributed by atoms with Gasteiger partial charge in [-0.25, -0.2) is 9.78 Å². The van der Waals surface area contributed by atoms with Gasteiger partial charge in [0.05, 0.1) is 12.6 Å². The monoisotopic (exact) mass is 320 g/mol. The topological polar surface area (TPSA) is 66.5 Å². The maximum absolute atomic E-state index is 11.7. The van der Waals surface area contributed by atoms with Gasteiger partial charge in [-0.15, -0.1) is 0 Å². The van der Waals surface area contributed by atoms with E-state index in [0.29, 0.717) is 13.2 Å². The zero-order valence-electron chi connectivity index (χ0n) is 14.2. The molecule has 6 heteroatoms. The lowest BCUT2D eigenvalue weighted by Gasteiger charge is -2.21. The average molecular weight is 320 g/mol. The zero-order chi connectivity index (χ0) is 16.5. The molecular weight excluding hydrogens is 292 g/mol. The molecule has 1 aliphatic rings. The van der Waals surface area contributed by atoms with E-state index in [2.05, 4.69) is 20.5 Å². The first kappa shape index (κ1) is 17.5. The van der Waals surface area contributed by atoms with Crippen LogP contribution in [-0.4, -0.2) is 43.9 Å². The first-order valence-electron chi connectivity index (χ1n) is 8.42. The Morgan fingerprint density at radius 2 is 2.04 bits per heavy atom. The number of hydrogen-bond acceptors (Lipinski definition) is 4. The highest BCUT2D eigenvalue weighted by Crippen LogP contribution is 2.17. The second-order valence-corrected chi connectivity index (χ2v) is 6.11. The van der Waals surface area contributed by atoms with Gasteiger partial charge in [-0.1, -0.05) is 18.9 Å². The molecule has 2 N–H and O–H groups in total. The number of urea groups is 1. The Kier molecular flexibility index (Phi) is 7.13. The molecule has 0 saturated carbocycles. The summed E-state index contributed by atoms with van der Waals surface area (Å²) in [6.45, 7) is 5.05. The number of nitrogens with zero attached hydrogens (tertiary/aromatic N) is 2. The largest absolute Gasteiger partial charge is 0.383 e. The minimum absolute atomic E-state index is 0.0106. The predicted molar refractivity (Wildman–Crippen MR) is 91.6 cm³/mol. The molecule has 2 amide bonds. The highest BCUT2D eigenvalue weighted by atomic mass is 16.5. The second kappa shape index (κ2) is 9.35. The summed E-state index contributed by atoms with van der Waals surface area (Å²) in [6, 6.07) is 3.88. The Bertz CT molecular complexity index is 470. The van der Waals surface area contributed by atoms with Gasteiger partial charge in [-0.05, 0) is 31.4 Å². The van der Waals surface area contributed by atoms with Crippen LogP contribution >= 0.6 is 0 Å². The first-order chi connectivity index (χ1) is 11.2. The van der Waals surface area contributed by atoms with Crippen molar-refractivity contribution in [1.29, 1.82) is 0 Å². The smallest absolute Gasteiger partial charge is 0.315 e. The van der Waals surface area contributed by atoms with Crippen molar-refractivity contribution in [2.75, 3.05) is 31.7 Å². The number of ether oxygens (including phenoxy) is 1. The molecule has 2 rings (SSSR count). The van der Waals surface area contributed by atoms with Crippen LogP contribution in [0.15, 0.2) is 18.3 Å². The number of carbonyl (C=O) groups excluding carboxylic acids is 1. The summed E-state index contributed by atoms with van der Waals surface area (Å²) < 4.78 is 4.99. The number of anilines is 1. The minimum Gasteiger partial charge on any atom is -0.383 e. The highest BCUT2D eigenvalue weighted by Gasteiger charge is 2.11. The molecule has 1 atom stereocenters. The van der Waals surface area contributed by atoms with Crippen LogP contribution in [0.2, 0.25) is 0 Å². The quantitative estimate of drug-likeness (QED) is 0.844. The molecule has 0 bridgehead atoms.